The van der Waals surface area contributed by atoms with Crippen molar-refractivity contribution in [3.05, 3.63) is 35.4 Å². The van der Waals surface area contributed by atoms with E-state index in [1.54, 1.807) is 0 Å². The molecule has 0 atom stereocenters. The third-order valence-electron chi connectivity index (χ3n) is 1.74. The summed E-state index contributed by atoms with van der Waals surface area (Å²) in [5.41, 5.74) is 2.36. The molecule has 0 aromatic heterocycles. The van der Waals surface area contributed by atoms with Crippen LogP contribution in [0.4, 0.5) is 0 Å². The molecule has 4 heteroatoms. The zero-order chi connectivity index (χ0) is 8.39. The fraction of sp³-hybridized carbons (Fsp3) is 0.250. The molecule has 1 aliphatic rings. The van der Waals surface area contributed by atoms with Gasteiger partial charge in [0.05, 0.1) is 13.2 Å². The van der Waals surface area contributed by atoms with E-state index in [4.69, 9.17) is 19.6 Å². The Morgan fingerprint density at radius 2 is 1.58 bits per heavy atom. The Balaban J connectivity index is 2.32. The molecule has 2 nitrogen and oxygen atoms in total. The molecule has 0 aliphatic carbocycles. The van der Waals surface area contributed by atoms with Gasteiger partial charge >= 0.3 is 0 Å². The lowest BCUT2D eigenvalue weighted by atomic mass is 10.1. The van der Waals surface area contributed by atoms with Crippen LogP contribution in [-0.4, -0.2) is 0 Å². The van der Waals surface area contributed by atoms with Crippen LogP contribution in [0.2, 0.25) is 0 Å². The third-order valence-corrected chi connectivity index (χ3v) is 2.94. The van der Waals surface area contributed by atoms with E-state index in [2.05, 4.69) is 0 Å². The van der Waals surface area contributed by atoms with Gasteiger partial charge in [-0.25, -0.2) is 0 Å². The zero-order valence-electron chi connectivity index (χ0n) is 6.36. The Bertz CT molecular complexity index is 283. The average molecular weight is 200 g/mol. The fourth-order valence-electron chi connectivity index (χ4n) is 1.10. The van der Waals surface area contributed by atoms with Crippen LogP contribution < -0.4 is 0 Å². The van der Waals surface area contributed by atoms with Crippen LogP contribution in [0.15, 0.2) is 24.3 Å². The van der Waals surface area contributed by atoms with Gasteiger partial charge in [0.1, 0.15) is 10.0 Å². The van der Waals surface area contributed by atoms with Crippen molar-refractivity contribution in [1.82, 2.24) is 0 Å². The molecule has 2 rings (SSSR count). The first kappa shape index (κ1) is 8.31. The van der Waals surface area contributed by atoms with E-state index >= 15 is 0 Å². The van der Waals surface area contributed by atoms with Crippen LogP contribution in [0.25, 0.3) is 0 Å². The van der Waals surface area contributed by atoms with Gasteiger partial charge in [-0.2, -0.15) is 0 Å². The molecule has 0 saturated carbocycles. The maximum Gasteiger partial charge on any atom is 0.149 e. The summed E-state index contributed by atoms with van der Waals surface area (Å²) < 4.78 is 10.5. The van der Waals surface area contributed by atoms with Gasteiger partial charge in [0, 0.05) is 11.2 Å². The summed E-state index contributed by atoms with van der Waals surface area (Å²) in [6.45, 7) is 1.14. The molecule has 0 unspecified atom stereocenters. The van der Waals surface area contributed by atoms with E-state index in [9.17, 15) is 0 Å². The van der Waals surface area contributed by atoms with Crippen molar-refractivity contribution in [3.63, 3.8) is 0 Å². The Morgan fingerprint density at radius 3 is 2.08 bits per heavy atom. The zero-order valence-corrected chi connectivity index (χ0v) is 7.99. The van der Waals surface area contributed by atoms with Gasteiger partial charge in [-0.1, -0.05) is 24.3 Å². The molecule has 1 aromatic carbocycles. The minimum absolute atomic E-state index is 0.572. The lowest BCUT2D eigenvalue weighted by molar-refractivity contribution is 0.285. The highest BCUT2D eigenvalue weighted by molar-refractivity contribution is 8.23. The summed E-state index contributed by atoms with van der Waals surface area (Å²) in [6, 6.07) is 8.07. The first-order valence-electron chi connectivity index (χ1n) is 3.61. The fourth-order valence-corrected chi connectivity index (χ4v) is 1.90. The second kappa shape index (κ2) is 3.62. The van der Waals surface area contributed by atoms with Gasteiger partial charge in [0.2, 0.25) is 0 Å². The Morgan fingerprint density at radius 1 is 1.08 bits per heavy atom. The van der Waals surface area contributed by atoms with E-state index in [1.165, 1.54) is 11.1 Å². The van der Waals surface area contributed by atoms with Crippen molar-refractivity contribution in [2.45, 2.75) is 13.2 Å². The van der Waals surface area contributed by atoms with Gasteiger partial charge < -0.3 is 0 Å². The molecular formula is C8H8O2S2. The maximum atomic E-state index is 5.25. The highest BCUT2D eigenvalue weighted by Crippen LogP contribution is 2.16. The number of benzene rings is 1. The van der Waals surface area contributed by atoms with Gasteiger partial charge in [-0.3, -0.25) is 8.37 Å². The third kappa shape index (κ3) is 1.72. The molecule has 0 spiro atoms. The van der Waals surface area contributed by atoms with Crippen LogP contribution in [0.1, 0.15) is 11.1 Å². The molecule has 64 valence electrons. The molecule has 1 aromatic rings. The molecular weight excluding hydrogens is 192 g/mol. The summed E-state index contributed by atoms with van der Waals surface area (Å²) >= 11 is 4.91. The highest BCUT2D eigenvalue weighted by Gasteiger charge is 2.09. The first-order valence-corrected chi connectivity index (χ1v) is 5.61. The second-order valence-electron chi connectivity index (χ2n) is 2.50. The lowest BCUT2D eigenvalue weighted by Gasteiger charge is -1.99. The van der Waals surface area contributed by atoms with Crippen LogP contribution >= 0.6 is 0 Å². The second-order valence-corrected chi connectivity index (χ2v) is 4.19. The number of hydrogen-bond acceptors (Lipinski definition) is 3. The van der Waals surface area contributed by atoms with E-state index in [0.29, 0.717) is 13.2 Å². The maximum absolute atomic E-state index is 5.25. The molecule has 0 fully saturated rings. The largest absolute Gasteiger partial charge is 0.286 e. The quantitative estimate of drug-likeness (QED) is 0.634. The summed E-state index contributed by atoms with van der Waals surface area (Å²) in [4.78, 5) is 0. The van der Waals surface area contributed by atoms with Crippen molar-refractivity contribution in [2.75, 3.05) is 0 Å². The van der Waals surface area contributed by atoms with Gasteiger partial charge in [0.25, 0.3) is 0 Å². The van der Waals surface area contributed by atoms with Crippen molar-refractivity contribution in [2.24, 2.45) is 0 Å². The monoisotopic (exact) mass is 200 g/mol. The predicted molar refractivity (Wildman–Crippen MR) is 50.8 cm³/mol. The van der Waals surface area contributed by atoms with Crippen molar-refractivity contribution >= 4 is 21.2 Å². The van der Waals surface area contributed by atoms with Crippen molar-refractivity contribution < 1.29 is 8.37 Å². The molecule has 12 heavy (non-hydrogen) atoms. The van der Waals surface area contributed by atoms with E-state index < -0.39 is 10.0 Å². The molecule has 0 radical (unpaired) electrons. The van der Waals surface area contributed by atoms with E-state index in [-0.39, 0.29) is 0 Å². The molecule has 0 amide bonds. The first-order chi connectivity index (χ1) is 5.86. The van der Waals surface area contributed by atoms with Gasteiger partial charge in [0.15, 0.2) is 0 Å². The summed E-state index contributed by atoms with van der Waals surface area (Å²) in [5, 5.41) is 0. The minimum Gasteiger partial charge on any atom is -0.286 e. The summed E-state index contributed by atoms with van der Waals surface area (Å²) in [5.74, 6) is 0. The van der Waals surface area contributed by atoms with Crippen LogP contribution in [0.3, 0.4) is 0 Å². The lowest BCUT2D eigenvalue weighted by Crippen LogP contribution is -1.93. The van der Waals surface area contributed by atoms with E-state index in [0.717, 1.165) is 0 Å². The van der Waals surface area contributed by atoms with Crippen LogP contribution in [0.5, 0.6) is 0 Å². The molecule has 1 aliphatic heterocycles. The van der Waals surface area contributed by atoms with Crippen LogP contribution in [-0.2, 0) is 42.8 Å². The Hall–Kier alpha value is -0.290. The SMILES string of the molecule is S=S1OCc2ccccc2CO1. The smallest absolute Gasteiger partial charge is 0.149 e. The van der Waals surface area contributed by atoms with Crippen molar-refractivity contribution in [3.8, 4) is 0 Å². The Kier molecular flexibility index (Phi) is 2.51. The van der Waals surface area contributed by atoms with Crippen LogP contribution in [0, 0.1) is 0 Å². The van der Waals surface area contributed by atoms with E-state index in [1.807, 2.05) is 24.3 Å². The molecule has 0 saturated heterocycles. The Labute approximate surface area is 78.5 Å². The summed E-state index contributed by atoms with van der Waals surface area (Å²) in [6.07, 6.45) is 0. The van der Waals surface area contributed by atoms with Gasteiger partial charge in [-0.15, -0.1) is 0 Å². The number of fused-ring (bicyclic) bond motifs is 1. The highest BCUT2D eigenvalue weighted by atomic mass is 32.8. The normalized spacial score (nSPS) is 18.3. The topological polar surface area (TPSA) is 18.5 Å². The average Bonchev–Trinajstić information content (AvgIpc) is 2.29. The number of hydrogen-bond donors (Lipinski definition) is 0. The number of rotatable bonds is 0. The standard InChI is InChI=1S/C8H8O2S2/c11-12-9-5-7-3-1-2-4-8(7)6-10-12/h1-4H,5-6H2. The minimum atomic E-state index is -0.750. The summed E-state index contributed by atoms with van der Waals surface area (Å²) in [7, 11) is -0.750. The molecule has 0 N–H and O–H groups in total. The molecule has 1 heterocycles. The molecule has 0 bridgehead atoms. The predicted octanol–water partition coefficient (Wildman–Crippen LogP) is 1.64. The van der Waals surface area contributed by atoms with Gasteiger partial charge in [-0.05, 0) is 11.1 Å². The van der Waals surface area contributed by atoms with Crippen molar-refractivity contribution in [1.29, 1.82) is 0 Å².